The number of hydrogen-bond acceptors (Lipinski definition) is 5. The minimum Gasteiger partial charge on any atom is -0.493 e. The first-order chi connectivity index (χ1) is 15.5. The third kappa shape index (κ3) is 8.05. The van der Waals surface area contributed by atoms with Gasteiger partial charge in [0.25, 0.3) is 0 Å². The minimum absolute atomic E-state index is 0.139. The van der Waals surface area contributed by atoms with Crippen LogP contribution in [0.3, 0.4) is 0 Å². The summed E-state index contributed by atoms with van der Waals surface area (Å²) in [7, 11) is 9.21. The van der Waals surface area contributed by atoms with Crippen LogP contribution in [0.4, 0.5) is 0 Å². The molecule has 0 aliphatic carbocycles. The Morgan fingerprint density at radius 1 is 0.969 bits per heavy atom. The van der Waals surface area contributed by atoms with E-state index in [1.165, 1.54) is 5.56 Å². The predicted molar refractivity (Wildman–Crippen MR) is 131 cm³/mol. The lowest BCUT2D eigenvalue weighted by atomic mass is 10.1. The standard InChI is InChI=1S/C25H38N4O3/c1-19(17-32-18-20-10-8-7-9-11-20)15-27-25(26-2)28-16-22(29(3)4)21-12-13-23(30-5)24(14-21)31-6/h7-14,19,22H,15-18H2,1-6H3,(H2,26,27,28). The summed E-state index contributed by atoms with van der Waals surface area (Å²) in [5, 5.41) is 6.84. The fourth-order valence-electron chi connectivity index (χ4n) is 3.35. The number of benzene rings is 2. The Bertz CT molecular complexity index is 827. The zero-order valence-electron chi connectivity index (χ0n) is 20.2. The molecule has 7 nitrogen and oxygen atoms in total. The molecule has 0 fully saturated rings. The van der Waals surface area contributed by atoms with Crippen LogP contribution in [0.5, 0.6) is 11.5 Å². The summed E-state index contributed by atoms with van der Waals surface area (Å²) >= 11 is 0. The summed E-state index contributed by atoms with van der Waals surface area (Å²) in [6.45, 7) is 4.95. The molecule has 0 spiro atoms. The number of rotatable bonds is 12. The predicted octanol–water partition coefficient (Wildman–Crippen LogP) is 3.32. The number of methoxy groups -OCH3 is 2. The summed E-state index contributed by atoms with van der Waals surface area (Å²) in [6, 6.07) is 16.4. The van der Waals surface area contributed by atoms with Crippen LogP contribution in [0.25, 0.3) is 0 Å². The highest BCUT2D eigenvalue weighted by Crippen LogP contribution is 2.31. The number of hydrogen-bond donors (Lipinski definition) is 2. The second-order valence-electron chi connectivity index (χ2n) is 8.03. The van der Waals surface area contributed by atoms with Gasteiger partial charge in [-0.05, 0) is 43.3 Å². The molecule has 2 aromatic rings. The second-order valence-corrected chi connectivity index (χ2v) is 8.03. The molecular formula is C25H38N4O3. The van der Waals surface area contributed by atoms with E-state index in [1.54, 1.807) is 21.3 Å². The van der Waals surface area contributed by atoms with Crippen LogP contribution < -0.4 is 20.1 Å². The molecule has 7 heteroatoms. The molecule has 176 valence electrons. The van der Waals surface area contributed by atoms with Gasteiger partial charge in [-0.1, -0.05) is 43.3 Å². The molecule has 0 radical (unpaired) electrons. The van der Waals surface area contributed by atoms with Gasteiger partial charge in [-0.3, -0.25) is 4.99 Å². The Hall–Kier alpha value is -2.77. The van der Waals surface area contributed by atoms with Crippen molar-refractivity contribution in [3.05, 3.63) is 59.7 Å². The number of nitrogens with zero attached hydrogens (tertiary/aromatic N) is 2. The summed E-state index contributed by atoms with van der Waals surface area (Å²) in [4.78, 5) is 6.53. The molecule has 0 saturated heterocycles. The third-order valence-corrected chi connectivity index (χ3v) is 5.23. The fraction of sp³-hybridized carbons (Fsp3) is 0.480. The van der Waals surface area contributed by atoms with Crippen LogP contribution in [-0.4, -0.2) is 65.9 Å². The van der Waals surface area contributed by atoms with E-state index in [4.69, 9.17) is 14.2 Å². The summed E-state index contributed by atoms with van der Waals surface area (Å²) in [6.07, 6.45) is 0. The van der Waals surface area contributed by atoms with Crippen LogP contribution in [0.2, 0.25) is 0 Å². The molecule has 2 rings (SSSR count). The number of aliphatic imine (C=N–C) groups is 1. The van der Waals surface area contributed by atoms with E-state index < -0.39 is 0 Å². The van der Waals surface area contributed by atoms with Gasteiger partial charge in [0.2, 0.25) is 0 Å². The van der Waals surface area contributed by atoms with Crippen molar-refractivity contribution in [2.45, 2.75) is 19.6 Å². The van der Waals surface area contributed by atoms with Crippen LogP contribution in [-0.2, 0) is 11.3 Å². The fourth-order valence-corrected chi connectivity index (χ4v) is 3.35. The summed E-state index contributed by atoms with van der Waals surface area (Å²) in [5.74, 6) is 2.58. The lowest BCUT2D eigenvalue weighted by molar-refractivity contribution is 0.0931. The first-order valence-corrected chi connectivity index (χ1v) is 10.9. The van der Waals surface area contributed by atoms with E-state index in [0.717, 1.165) is 29.6 Å². The quantitative estimate of drug-likeness (QED) is 0.388. The normalized spacial score (nSPS) is 13.5. The van der Waals surface area contributed by atoms with Gasteiger partial charge in [-0.15, -0.1) is 0 Å². The van der Waals surface area contributed by atoms with Crippen molar-refractivity contribution in [2.24, 2.45) is 10.9 Å². The van der Waals surface area contributed by atoms with Gasteiger partial charge in [-0.2, -0.15) is 0 Å². The molecule has 0 bridgehead atoms. The lowest BCUT2D eigenvalue weighted by Crippen LogP contribution is -2.43. The van der Waals surface area contributed by atoms with E-state index in [9.17, 15) is 0 Å². The first-order valence-electron chi connectivity index (χ1n) is 10.9. The number of ether oxygens (including phenoxy) is 3. The van der Waals surface area contributed by atoms with Gasteiger partial charge in [0.15, 0.2) is 17.5 Å². The molecular weight excluding hydrogens is 404 g/mol. The van der Waals surface area contributed by atoms with E-state index in [-0.39, 0.29) is 6.04 Å². The smallest absolute Gasteiger partial charge is 0.191 e. The van der Waals surface area contributed by atoms with Gasteiger partial charge in [0.1, 0.15) is 0 Å². The maximum atomic E-state index is 5.85. The number of likely N-dealkylation sites (N-methyl/N-ethyl adjacent to an activating group) is 1. The van der Waals surface area contributed by atoms with Crippen molar-refractivity contribution in [3.8, 4) is 11.5 Å². The molecule has 2 atom stereocenters. The van der Waals surface area contributed by atoms with Crippen LogP contribution >= 0.6 is 0 Å². The molecule has 2 aromatic carbocycles. The zero-order valence-corrected chi connectivity index (χ0v) is 20.2. The molecule has 0 aromatic heterocycles. The van der Waals surface area contributed by atoms with Gasteiger partial charge < -0.3 is 29.7 Å². The molecule has 0 amide bonds. The summed E-state index contributed by atoms with van der Waals surface area (Å²) < 4.78 is 16.7. The summed E-state index contributed by atoms with van der Waals surface area (Å²) in [5.41, 5.74) is 2.33. The Morgan fingerprint density at radius 3 is 2.28 bits per heavy atom. The first kappa shape index (κ1) is 25.5. The third-order valence-electron chi connectivity index (χ3n) is 5.23. The average molecular weight is 443 g/mol. The second kappa shape index (κ2) is 13.6. The van der Waals surface area contributed by atoms with Crippen molar-refractivity contribution in [1.82, 2.24) is 15.5 Å². The van der Waals surface area contributed by atoms with E-state index in [0.29, 0.717) is 25.7 Å². The Morgan fingerprint density at radius 2 is 1.66 bits per heavy atom. The number of guanidine groups is 1. The topological polar surface area (TPSA) is 67.4 Å². The van der Waals surface area contributed by atoms with E-state index >= 15 is 0 Å². The molecule has 0 aliphatic rings. The molecule has 32 heavy (non-hydrogen) atoms. The molecule has 0 saturated carbocycles. The molecule has 2 N–H and O–H groups in total. The van der Waals surface area contributed by atoms with Crippen molar-refractivity contribution in [1.29, 1.82) is 0 Å². The van der Waals surface area contributed by atoms with Crippen LogP contribution in [0.15, 0.2) is 53.5 Å². The van der Waals surface area contributed by atoms with Gasteiger partial charge in [-0.25, -0.2) is 0 Å². The van der Waals surface area contributed by atoms with Crippen molar-refractivity contribution < 1.29 is 14.2 Å². The molecule has 0 heterocycles. The highest BCUT2D eigenvalue weighted by atomic mass is 16.5. The zero-order chi connectivity index (χ0) is 23.3. The highest BCUT2D eigenvalue weighted by molar-refractivity contribution is 5.79. The van der Waals surface area contributed by atoms with Crippen molar-refractivity contribution in [3.63, 3.8) is 0 Å². The Kier molecular flexibility index (Phi) is 10.8. The van der Waals surface area contributed by atoms with E-state index in [1.807, 2.05) is 30.3 Å². The highest BCUT2D eigenvalue weighted by Gasteiger charge is 2.17. The Labute approximate surface area is 192 Å². The average Bonchev–Trinajstić information content (AvgIpc) is 2.81. The van der Waals surface area contributed by atoms with Gasteiger partial charge in [0.05, 0.1) is 33.5 Å². The van der Waals surface area contributed by atoms with Crippen molar-refractivity contribution in [2.75, 3.05) is 55.1 Å². The largest absolute Gasteiger partial charge is 0.493 e. The Balaban J connectivity index is 1.83. The lowest BCUT2D eigenvalue weighted by Gasteiger charge is -2.27. The van der Waals surface area contributed by atoms with Crippen LogP contribution in [0.1, 0.15) is 24.1 Å². The monoisotopic (exact) mass is 442 g/mol. The molecule has 2 unspecified atom stereocenters. The minimum atomic E-state index is 0.139. The van der Waals surface area contributed by atoms with E-state index in [2.05, 4.69) is 59.7 Å². The maximum Gasteiger partial charge on any atom is 0.191 e. The van der Waals surface area contributed by atoms with Gasteiger partial charge >= 0.3 is 0 Å². The van der Waals surface area contributed by atoms with Gasteiger partial charge in [0, 0.05) is 20.1 Å². The molecule has 0 aliphatic heterocycles. The SMILES string of the molecule is CN=C(NCC(C)COCc1ccccc1)NCC(c1ccc(OC)c(OC)c1)N(C)C. The van der Waals surface area contributed by atoms with Crippen molar-refractivity contribution >= 4 is 5.96 Å². The van der Waals surface area contributed by atoms with Crippen LogP contribution in [0, 0.1) is 5.92 Å². The maximum absolute atomic E-state index is 5.85. The number of nitrogens with one attached hydrogen (secondary N) is 2.